The summed E-state index contributed by atoms with van der Waals surface area (Å²) in [4.78, 5) is 18.3. The second kappa shape index (κ2) is 8.26. The minimum Gasteiger partial charge on any atom is -0.478 e. The molecule has 0 amide bonds. The number of aryl methyl sites for hydroxylation is 2. The van der Waals surface area contributed by atoms with E-state index >= 15 is 0 Å². The molecular formula is C22H27N3O4S. The molecule has 1 aliphatic carbocycles. The first-order valence-electron chi connectivity index (χ1n) is 10.5. The van der Waals surface area contributed by atoms with E-state index in [4.69, 9.17) is 0 Å². The van der Waals surface area contributed by atoms with Gasteiger partial charge in [-0.05, 0) is 73.8 Å². The number of nitrogens with zero attached hydrogens (tertiary/aromatic N) is 2. The number of fused-ring (bicyclic) bond motifs is 1. The molecule has 2 N–H and O–H groups in total. The molecule has 2 heterocycles. The van der Waals surface area contributed by atoms with E-state index in [1.54, 1.807) is 12.1 Å². The Balaban J connectivity index is 1.59. The lowest BCUT2D eigenvalue weighted by Crippen LogP contribution is -2.34. The summed E-state index contributed by atoms with van der Waals surface area (Å²) in [6, 6.07) is 6.58. The van der Waals surface area contributed by atoms with Crippen molar-refractivity contribution >= 4 is 27.5 Å². The number of benzene rings is 1. The van der Waals surface area contributed by atoms with Gasteiger partial charge < -0.3 is 10.0 Å². The van der Waals surface area contributed by atoms with Gasteiger partial charge in [-0.2, -0.15) is 0 Å². The van der Waals surface area contributed by atoms with Crippen molar-refractivity contribution in [2.45, 2.75) is 50.3 Å². The molecule has 0 saturated carbocycles. The molecule has 0 bridgehead atoms. The van der Waals surface area contributed by atoms with Gasteiger partial charge in [0.2, 0.25) is 0 Å². The zero-order valence-corrected chi connectivity index (χ0v) is 17.9. The van der Waals surface area contributed by atoms with E-state index in [1.807, 2.05) is 11.0 Å². The minimum absolute atomic E-state index is 0.00944. The maximum Gasteiger partial charge on any atom is 0.339 e. The van der Waals surface area contributed by atoms with E-state index in [0.717, 1.165) is 57.2 Å². The van der Waals surface area contributed by atoms with E-state index in [1.165, 1.54) is 17.8 Å². The normalized spacial score (nSPS) is 17.4. The highest BCUT2D eigenvalue weighted by atomic mass is 32.2. The monoisotopic (exact) mass is 429 g/mol. The van der Waals surface area contributed by atoms with Crippen LogP contribution in [0.2, 0.25) is 0 Å². The molecule has 1 aromatic heterocycles. The Morgan fingerprint density at radius 1 is 1.13 bits per heavy atom. The fourth-order valence-electron chi connectivity index (χ4n) is 4.23. The summed E-state index contributed by atoms with van der Waals surface area (Å²) in [5.41, 5.74) is 2.44. The predicted octanol–water partition coefficient (Wildman–Crippen LogP) is 3.70. The van der Waals surface area contributed by atoms with Crippen LogP contribution in [-0.2, 0) is 22.9 Å². The number of anilines is 2. The third-order valence-corrected chi connectivity index (χ3v) is 7.44. The van der Waals surface area contributed by atoms with E-state index < -0.39 is 16.0 Å². The number of rotatable bonds is 5. The average molecular weight is 430 g/mol. The maximum absolute atomic E-state index is 12.9. The predicted molar refractivity (Wildman–Crippen MR) is 116 cm³/mol. The van der Waals surface area contributed by atoms with Crippen LogP contribution in [0.5, 0.6) is 0 Å². The number of aromatic carboxylic acids is 1. The van der Waals surface area contributed by atoms with Crippen LogP contribution in [0.4, 0.5) is 11.5 Å². The summed E-state index contributed by atoms with van der Waals surface area (Å²) in [5.74, 6) is -0.116. The molecule has 7 nitrogen and oxygen atoms in total. The van der Waals surface area contributed by atoms with Gasteiger partial charge in [-0.15, -0.1) is 0 Å². The topological polar surface area (TPSA) is 99.6 Å². The van der Waals surface area contributed by atoms with Gasteiger partial charge >= 0.3 is 5.97 Å². The molecule has 2 aromatic rings. The van der Waals surface area contributed by atoms with Gasteiger partial charge in [0, 0.05) is 13.1 Å². The number of carboxylic acid groups (broad SMARTS) is 1. The number of nitrogens with one attached hydrogen (secondary N) is 1. The van der Waals surface area contributed by atoms with Gasteiger partial charge in [0.15, 0.2) is 0 Å². The van der Waals surface area contributed by atoms with Crippen molar-refractivity contribution in [2.75, 3.05) is 22.7 Å². The number of sulfonamides is 1. The number of piperidine rings is 1. The van der Waals surface area contributed by atoms with Crippen LogP contribution in [0, 0.1) is 5.92 Å². The fraction of sp³-hybridized carbons (Fsp3) is 0.455. The summed E-state index contributed by atoms with van der Waals surface area (Å²) in [5, 5.41) is 9.68. The molecule has 1 aromatic carbocycles. The van der Waals surface area contributed by atoms with E-state index in [9.17, 15) is 18.3 Å². The van der Waals surface area contributed by atoms with Crippen LogP contribution in [0.1, 0.15) is 54.1 Å². The Labute approximate surface area is 177 Å². The Hall–Kier alpha value is -2.61. The summed E-state index contributed by atoms with van der Waals surface area (Å²) < 4.78 is 28.3. The van der Waals surface area contributed by atoms with E-state index in [-0.39, 0.29) is 16.1 Å². The molecule has 1 aliphatic heterocycles. The SMILES string of the molecule is CC1CCN(c2ncc(NS(=O)(=O)c3ccc4c(c3)CCCC4)cc2C(=O)O)CC1. The number of pyridine rings is 1. The highest BCUT2D eigenvalue weighted by Crippen LogP contribution is 2.28. The Bertz CT molecular complexity index is 1060. The van der Waals surface area contributed by atoms with Crippen LogP contribution in [-0.4, -0.2) is 37.6 Å². The zero-order valence-electron chi connectivity index (χ0n) is 17.1. The Morgan fingerprint density at radius 2 is 1.83 bits per heavy atom. The minimum atomic E-state index is -3.83. The number of carbonyl (C=O) groups is 1. The fourth-order valence-corrected chi connectivity index (χ4v) is 5.32. The number of carboxylic acids is 1. The summed E-state index contributed by atoms with van der Waals surface area (Å²) in [6.07, 6.45) is 7.41. The number of hydrogen-bond donors (Lipinski definition) is 2. The van der Waals surface area contributed by atoms with Gasteiger partial charge in [-0.3, -0.25) is 4.72 Å². The van der Waals surface area contributed by atoms with Crippen molar-refractivity contribution in [3.63, 3.8) is 0 Å². The molecule has 8 heteroatoms. The molecule has 0 radical (unpaired) electrons. The van der Waals surface area contributed by atoms with E-state index in [0.29, 0.717) is 11.7 Å². The second-order valence-corrected chi connectivity index (χ2v) is 10.00. The standard InChI is InChI=1S/C22H27N3O4S/c1-15-8-10-25(11-9-15)21-20(22(26)27)13-18(14-23-21)24-30(28,29)19-7-6-16-4-2-3-5-17(16)12-19/h6-7,12-15,24H,2-5,8-11H2,1H3,(H,26,27). The highest BCUT2D eigenvalue weighted by Gasteiger charge is 2.24. The van der Waals surface area contributed by atoms with Crippen molar-refractivity contribution < 1.29 is 18.3 Å². The molecule has 1 fully saturated rings. The number of aromatic nitrogens is 1. The third kappa shape index (κ3) is 4.28. The van der Waals surface area contributed by atoms with Gasteiger partial charge in [-0.25, -0.2) is 18.2 Å². The van der Waals surface area contributed by atoms with Gasteiger partial charge in [0.05, 0.1) is 16.8 Å². The van der Waals surface area contributed by atoms with Crippen molar-refractivity contribution in [3.8, 4) is 0 Å². The highest BCUT2D eigenvalue weighted by molar-refractivity contribution is 7.92. The molecule has 1 saturated heterocycles. The van der Waals surface area contributed by atoms with Crippen molar-refractivity contribution in [2.24, 2.45) is 5.92 Å². The second-order valence-electron chi connectivity index (χ2n) is 8.31. The lowest BCUT2D eigenvalue weighted by molar-refractivity contribution is 0.0697. The lowest BCUT2D eigenvalue weighted by Gasteiger charge is -2.32. The molecule has 0 unspecified atom stereocenters. The van der Waals surface area contributed by atoms with Crippen molar-refractivity contribution in [3.05, 3.63) is 47.2 Å². The Morgan fingerprint density at radius 3 is 2.53 bits per heavy atom. The van der Waals surface area contributed by atoms with Crippen molar-refractivity contribution in [1.82, 2.24) is 4.98 Å². The van der Waals surface area contributed by atoms with Gasteiger partial charge in [0.1, 0.15) is 11.4 Å². The first kappa shape index (κ1) is 20.7. The smallest absolute Gasteiger partial charge is 0.339 e. The third-order valence-electron chi connectivity index (χ3n) is 6.06. The van der Waals surface area contributed by atoms with Gasteiger partial charge in [-0.1, -0.05) is 13.0 Å². The van der Waals surface area contributed by atoms with Crippen LogP contribution in [0.15, 0.2) is 35.4 Å². The number of hydrogen-bond acceptors (Lipinski definition) is 5. The van der Waals surface area contributed by atoms with Crippen LogP contribution in [0.25, 0.3) is 0 Å². The summed E-state index contributed by atoms with van der Waals surface area (Å²) in [7, 11) is -3.83. The zero-order chi connectivity index (χ0) is 21.3. The molecule has 2 aliphatic rings. The maximum atomic E-state index is 12.9. The molecule has 0 atom stereocenters. The molecule has 160 valence electrons. The first-order chi connectivity index (χ1) is 14.3. The van der Waals surface area contributed by atoms with Gasteiger partial charge in [0.25, 0.3) is 10.0 Å². The largest absolute Gasteiger partial charge is 0.478 e. The molecule has 30 heavy (non-hydrogen) atoms. The summed E-state index contributed by atoms with van der Waals surface area (Å²) in [6.45, 7) is 3.67. The lowest BCUT2D eigenvalue weighted by atomic mass is 9.92. The molecular weight excluding hydrogens is 402 g/mol. The first-order valence-corrected chi connectivity index (χ1v) is 11.9. The van der Waals surface area contributed by atoms with Crippen LogP contribution < -0.4 is 9.62 Å². The molecule has 0 spiro atoms. The summed E-state index contributed by atoms with van der Waals surface area (Å²) >= 11 is 0. The Kier molecular flexibility index (Phi) is 5.69. The van der Waals surface area contributed by atoms with Crippen LogP contribution in [0.3, 0.4) is 0 Å². The van der Waals surface area contributed by atoms with Crippen molar-refractivity contribution in [1.29, 1.82) is 0 Å². The molecule has 4 rings (SSSR count). The quantitative estimate of drug-likeness (QED) is 0.752. The average Bonchev–Trinajstić information content (AvgIpc) is 2.73. The van der Waals surface area contributed by atoms with Crippen LogP contribution >= 0.6 is 0 Å². The van der Waals surface area contributed by atoms with E-state index in [2.05, 4.69) is 16.6 Å².